The predicted molar refractivity (Wildman–Crippen MR) is 233 cm³/mol. The van der Waals surface area contributed by atoms with Crippen LogP contribution in [0.5, 0.6) is 0 Å². The van der Waals surface area contributed by atoms with Gasteiger partial charge in [0.05, 0.1) is 0 Å². The fourth-order valence-corrected chi connectivity index (χ4v) is 12.4. The number of hydrogen-bond acceptors (Lipinski definition) is 1. The quantitative estimate of drug-likeness (QED) is 0.0833. The Morgan fingerprint density at radius 2 is 0.810 bits per heavy atom. The first-order chi connectivity index (χ1) is 27.9. The Kier molecular flexibility index (Phi) is 16.5. The second-order valence-corrected chi connectivity index (χ2v) is 20.2. The van der Waals surface area contributed by atoms with Gasteiger partial charge in [0, 0.05) is 36.1 Å². The highest BCUT2D eigenvalue weighted by Gasteiger charge is 2.38. The van der Waals surface area contributed by atoms with E-state index in [1.165, 1.54) is 140 Å². The topological polar surface area (TPSA) is 17.1 Å². The minimum Gasteiger partial charge on any atom is -0.289 e. The van der Waals surface area contributed by atoms with E-state index in [4.69, 9.17) is 0 Å². The molecule has 0 saturated heterocycles. The van der Waals surface area contributed by atoms with Gasteiger partial charge in [0.1, 0.15) is 0 Å². The second-order valence-electron chi connectivity index (χ2n) is 20.2. The average molecular weight is 807 g/mol. The van der Waals surface area contributed by atoms with Crippen LogP contribution in [0.4, 0.5) is 17.6 Å². The number of ketones is 1. The maximum atomic E-state index is 15.4. The SMILES string of the molecule is CCCCCCC1CCC(C2CCC(c3ccc(C(=O)c4ccc(C5CCC(C6CCC(CCCCCC)CC6)CC5)cc4C(C)(F)F)c(C(C)(F)F)c3)CC2)CC1. The lowest BCUT2D eigenvalue weighted by Crippen LogP contribution is -2.26. The molecule has 0 bridgehead atoms. The van der Waals surface area contributed by atoms with Crippen LogP contribution in [0.15, 0.2) is 36.4 Å². The molecule has 0 unspecified atom stereocenters. The fraction of sp³-hybridized carbons (Fsp3) is 0.755. The zero-order valence-electron chi connectivity index (χ0n) is 36.9. The lowest BCUT2D eigenvalue weighted by atomic mass is 9.67. The molecule has 0 radical (unpaired) electrons. The second kappa shape index (κ2) is 21.1. The number of benzene rings is 2. The van der Waals surface area contributed by atoms with Crippen molar-refractivity contribution in [1.82, 2.24) is 0 Å². The molecule has 4 aliphatic carbocycles. The molecule has 0 spiro atoms. The van der Waals surface area contributed by atoms with E-state index in [2.05, 4.69) is 13.8 Å². The molecule has 0 N–H and O–H groups in total. The molecule has 4 saturated carbocycles. The molecule has 0 aromatic heterocycles. The molecule has 2 aromatic carbocycles. The van der Waals surface area contributed by atoms with Gasteiger partial charge in [-0.2, -0.15) is 0 Å². The van der Waals surface area contributed by atoms with Crippen molar-refractivity contribution in [2.45, 2.75) is 218 Å². The van der Waals surface area contributed by atoms with E-state index >= 15 is 17.6 Å². The minimum atomic E-state index is -3.28. The van der Waals surface area contributed by atoms with Crippen molar-refractivity contribution in [2.24, 2.45) is 35.5 Å². The van der Waals surface area contributed by atoms with E-state index in [0.717, 1.165) is 100 Å². The number of rotatable bonds is 18. The molecule has 4 fully saturated rings. The third-order valence-corrected chi connectivity index (χ3v) is 16.1. The Balaban J connectivity index is 1.06. The number of carbonyl (C=O) groups excluding carboxylic acids is 1. The Hall–Kier alpha value is -2.17. The van der Waals surface area contributed by atoms with Gasteiger partial charge >= 0.3 is 0 Å². The molecule has 2 aromatic rings. The number of halogens is 4. The summed E-state index contributed by atoms with van der Waals surface area (Å²) in [7, 11) is 0. The van der Waals surface area contributed by atoms with Crippen LogP contribution in [0.3, 0.4) is 0 Å². The van der Waals surface area contributed by atoms with Gasteiger partial charge in [-0.25, -0.2) is 17.6 Å². The first kappa shape index (κ1) is 45.4. The summed E-state index contributed by atoms with van der Waals surface area (Å²) >= 11 is 0. The summed E-state index contributed by atoms with van der Waals surface area (Å²) in [5.41, 5.74) is 0.700. The molecule has 324 valence electrons. The number of carbonyl (C=O) groups is 1. The normalized spacial score (nSPS) is 28.7. The smallest absolute Gasteiger partial charge is 0.271 e. The molecule has 0 atom stereocenters. The zero-order valence-corrected chi connectivity index (χ0v) is 36.9. The molecule has 0 heterocycles. The Morgan fingerprint density at radius 1 is 0.483 bits per heavy atom. The summed E-state index contributed by atoms with van der Waals surface area (Å²) in [4.78, 5) is 14.1. The van der Waals surface area contributed by atoms with E-state index < -0.39 is 17.6 Å². The molecule has 0 amide bonds. The minimum absolute atomic E-state index is 0.161. The zero-order chi connectivity index (χ0) is 41.3. The molecular formula is C53H78F4O. The summed E-state index contributed by atoms with van der Waals surface area (Å²) < 4.78 is 61.6. The molecule has 4 aliphatic rings. The van der Waals surface area contributed by atoms with E-state index in [9.17, 15) is 4.79 Å². The van der Waals surface area contributed by atoms with Crippen molar-refractivity contribution in [3.05, 3.63) is 69.8 Å². The average Bonchev–Trinajstić information content (AvgIpc) is 3.23. The molecule has 1 nitrogen and oxygen atoms in total. The van der Waals surface area contributed by atoms with Crippen LogP contribution in [0.25, 0.3) is 0 Å². The largest absolute Gasteiger partial charge is 0.289 e. The molecule has 6 rings (SSSR count). The van der Waals surface area contributed by atoms with Crippen LogP contribution in [-0.4, -0.2) is 5.78 Å². The molecule has 58 heavy (non-hydrogen) atoms. The predicted octanol–water partition coefficient (Wildman–Crippen LogP) is 17.2. The van der Waals surface area contributed by atoms with Crippen LogP contribution < -0.4 is 0 Å². The van der Waals surface area contributed by atoms with Crippen molar-refractivity contribution in [1.29, 1.82) is 0 Å². The maximum Gasteiger partial charge on any atom is 0.271 e. The Bertz CT molecular complexity index is 1440. The van der Waals surface area contributed by atoms with Gasteiger partial charge in [-0.3, -0.25) is 4.79 Å². The third-order valence-electron chi connectivity index (χ3n) is 16.1. The van der Waals surface area contributed by atoms with Crippen molar-refractivity contribution in [2.75, 3.05) is 0 Å². The van der Waals surface area contributed by atoms with E-state index in [1.807, 2.05) is 12.1 Å². The van der Waals surface area contributed by atoms with Gasteiger partial charge in [0.2, 0.25) is 0 Å². The van der Waals surface area contributed by atoms with Crippen molar-refractivity contribution in [3.8, 4) is 0 Å². The highest BCUT2D eigenvalue weighted by atomic mass is 19.3. The summed E-state index contributed by atoms with van der Waals surface area (Å²) in [5.74, 6) is -2.15. The van der Waals surface area contributed by atoms with Crippen LogP contribution >= 0.6 is 0 Å². The van der Waals surface area contributed by atoms with Crippen LogP contribution in [0, 0.1) is 35.5 Å². The third kappa shape index (κ3) is 12.0. The van der Waals surface area contributed by atoms with Crippen molar-refractivity contribution < 1.29 is 22.4 Å². The summed E-state index contributed by atoms with van der Waals surface area (Å²) in [6, 6.07) is 9.72. The van der Waals surface area contributed by atoms with Crippen molar-refractivity contribution in [3.63, 3.8) is 0 Å². The monoisotopic (exact) mass is 807 g/mol. The first-order valence-corrected chi connectivity index (χ1v) is 24.4. The lowest BCUT2D eigenvalue weighted by Gasteiger charge is -2.38. The Labute approximate surface area is 350 Å². The van der Waals surface area contributed by atoms with Crippen LogP contribution in [-0.2, 0) is 11.8 Å². The molecule has 5 heteroatoms. The highest BCUT2D eigenvalue weighted by molar-refractivity contribution is 6.11. The van der Waals surface area contributed by atoms with Gasteiger partial charge in [-0.1, -0.05) is 128 Å². The molecular weight excluding hydrogens is 729 g/mol. The maximum absolute atomic E-state index is 15.4. The highest BCUT2D eigenvalue weighted by Crippen LogP contribution is 2.48. The van der Waals surface area contributed by atoms with E-state index in [1.54, 1.807) is 0 Å². The number of alkyl halides is 4. The summed E-state index contributed by atoms with van der Waals surface area (Å²) in [6.45, 7) is 6.20. The Morgan fingerprint density at radius 3 is 1.12 bits per heavy atom. The van der Waals surface area contributed by atoms with E-state index in [-0.39, 0.29) is 34.1 Å². The standard InChI is InChI=1S/C53H78F4O/c1-5-7-9-11-13-37-15-19-39(20-16-37)41-23-27-43(28-24-41)45-31-33-47(49(35-45)52(3,54)55)51(58)48-34-32-46(36-50(48)53(4,56)57)44-29-25-42(26-30-44)40-21-17-38(18-22-40)14-12-10-8-6-2/h31-44H,5-30H2,1-4H3. The molecule has 0 aliphatic heterocycles. The van der Waals surface area contributed by atoms with Gasteiger partial charge in [-0.15, -0.1) is 0 Å². The fourth-order valence-electron chi connectivity index (χ4n) is 12.4. The van der Waals surface area contributed by atoms with Gasteiger partial charge in [-0.05, 0) is 148 Å². The first-order valence-electron chi connectivity index (χ1n) is 24.4. The summed E-state index contributed by atoms with van der Waals surface area (Å²) in [5, 5.41) is 0. The summed E-state index contributed by atoms with van der Waals surface area (Å²) in [6.07, 6.45) is 32.7. The lowest BCUT2D eigenvalue weighted by molar-refractivity contribution is 0.0158. The van der Waals surface area contributed by atoms with Crippen LogP contribution in [0.1, 0.15) is 245 Å². The van der Waals surface area contributed by atoms with Crippen LogP contribution in [0.2, 0.25) is 0 Å². The number of hydrogen-bond donors (Lipinski definition) is 0. The van der Waals surface area contributed by atoms with Gasteiger partial charge in [0.15, 0.2) is 5.78 Å². The van der Waals surface area contributed by atoms with Gasteiger partial charge < -0.3 is 0 Å². The van der Waals surface area contributed by atoms with Crippen molar-refractivity contribution >= 4 is 5.78 Å². The van der Waals surface area contributed by atoms with E-state index in [0.29, 0.717) is 11.8 Å². The number of unbranched alkanes of at least 4 members (excludes halogenated alkanes) is 6. The van der Waals surface area contributed by atoms with Gasteiger partial charge in [0.25, 0.3) is 11.8 Å².